The lowest BCUT2D eigenvalue weighted by atomic mass is 10.1. The number of methoxy groups -OCH3 is 1. The number of aliphatic hydroxyl groups excluding tert-OH is 1. The molecule has 3 heterocycles. The maximum absolute atomic E-state index is 9.58. The van der Waals surface area contributed by atoms with Gasteiger partial charge < -0.3 is 30.7 Å². The average Bonchev–Trinajstić information content (AvgIpc) is 3.49. The minimum absolute atomic E-state index is 0.223. The van der Waals surface area contributed by atoms with Gasteiger partial charge >= 0.3 is 0 Å². The number of benzene rings is 1. The van der Waals surface area contributed by atoms with Gasteiger partial charge in [0.1, 0.15) is 10.8 Å². The van der Waals surface area contributed by atoms with Crippen molar-refractivity contribution >= 4 is 39.0 Å². The number of ether oxygens (including phenoxy) is 1. The van der Waals surface area contributed by atoms with Gasteiger partial charge in [-0.1, -0.05) is 12.1 Å². The van der Waals surface area contributed by atoms with Gasteiger partial charge in [0, 0.05) is 18.8 Å². The number of anilines is 3. The van der Waals surface area contributed by atoms with Crippen LogP contribution < -0.4 is 15.4 Å². The van der Waals surface area contributed by atoms with Crippen molar-refractivity contribution in [2.75, 3.05) is 24.4 Å². The lowest BCUT2D eigenvalue weighted by Crippen LogP contribution is -2.19. The summed E-state index contributed by atoms with van der Waals surface area (Å²) in [6, 6.07) is 10.2. The second kappa shape index (κ2) is 12.0. The number of aliphatic hydroxyl groups is 3. The zero-order valence-corrected chi connectivity index (χ0v) is 22.8. The molecular weight excluding hydrogens is 504 g/mol. The van der Waals surface area contributed by atoms with E-state index in [4.69, 9.17) is 29.9 Å². The van der Waals surface area contributed by atoms with E-state index in [1.54, 1.807) is 30.8 Å². The van der Waals surface area contributed by atoms with Gasteiger partial charge in [-0.3, -0.25) is 4.98 Å². The fourth-order valence-electron chi connectivity index (χ4n) is 4.30. The van der Waals surface area contributed by atoms with Crippen molar-refractivity contribution in [1.29, 1.82) is 0 Å². The van der Waals surface area contributed by atoms with Crippen molar-refractivity contribution < 1.29 is 20.1 Å². The molecule has 11 heteroatoms. The number of nitrogens with one attached hydrogen (secondary N) is 2. The third-order valence-electron chi connectivity index (χ3n) is 5.99. The Labute approximate surface area is 225 Å². The number of aryl methyl sites for hydroxylation is 1. The molecule has 0 saturated heterocycles. The minimum Gasteiger partial charge on any atom is -0.493 e. The first kappa shape index (κ1) is 27.6. The van der Waals surface area contributed by atoms with Gasteiger partial charge in [0.15, 0.2) is 11.5 Å². The maximum atomic E-state index is 9.58. The molecule has 2 atom stereocenters. The molecule has 38 heavy (non-hydrogen) atoms. The van der Waals surface area contributed by atoms with E-state index in [0.29, 0.717) is 17.6 Å². The number of hydrogen-bond acceptors (Lipinski definition) is 11. The predicted molar refractivity (Wildman–Crippen MR) is 150 cm³/mol. The van der Waals surface area contributed by atoms with Gasteiger partial charge in [-0.2, -0.15) is 4.98 Å². The van der Waals surface area contributed by atoms with Gasteiger partial charge in [0.05, 0.1) is 40.5 Å². The van der Waals surface area contributed by atoms with Crippen LogP contribution in [0.25, 0.3) is 20.8 Å². The standard InChI is InChI=1S/C24H26N6O2S.C3H8O2/c1-14-21(23-28-18-5-3-4-6-20(18)33-23)22(27-16-8-7-15(11-16)13-31)30-24(26-14)29-17-9-10-25-12-19(17)32-2;1-3(2,4)5/h3-6,9-10,12,15-16,31H,7-8,11,13H2,1-2H3,(H2,25,26,27,29,30);4-5H,1-2H3/t15?,16-;/m0./s1. The topological polar surface area (TPSA) is 146 Å². The monoisotopic (exact) mass is 538 g/mol. The van der Waals surface area contributed by atoms with Crippen molar-refractivity contribution in [2.45, 2.75) is 51.9 Å². The Bertz CT molecular complexity index is 1330. The van der Waals surface area contributed by atoms with Crippen LogP contribution in [0, 0.1) is 12.8 Å². The van der Waals surface area contributed by atoms with Crippen molar-refractivity contribution in [1.82, 2.24) is 19.9 Å². The molecule has 0 bridgehead atoms. The zero-order valence-electron chi connectivity index (χ0n) is 22.0. The van der Waals surface area contributed by atoms with Crippen LogP contribution in [0.1, 0.15) is 38.8 Å². The van der Waals surface area contributed by atoms with Gasteiger partial charge in [-0.15, -0.1) is 11.3 Å². The van der Waals surface area contributed by atoms with E-state index in [0.717, 1.165) is 57.2 Å². The highest BCUT2D eigenvalue weighted by molar-refractivity contribution is 7.21. The van der Waals surface area contributed by atoms with Gasteiger partial charge in [-0.25, -0.2) is 9.97 Å². The summed E-state index contributed by atoms with van der Waals surface area (Å²) in [6.07, 6.45) is 6.26. The lowest BCUT2D eigenvalue weighted by molar-refractivity contribution is -0.127. The van der Waals surface area contributed by atoms with E-state index < -0.39 is 5.79 Å². The molecule has 1 aliphatic carbocycles. The maximum Gasteiger partial charge on any atom is 0.229 e. The van der Waals surface area contributed by atoms with E-state index in [9.17, 15) is 5.11 Å². The Kier molecular flexibility index (Phi) is 8.72. The smallest absolute Gasteiger partial charge is 0.229 e. The molecule has 0 spiro atoms. The van der Waals surface area contributed by atoms with Crippen molar-refractivity contribution in [3.8, 4) is 16.3 Å². The van der Waals surface area contributed by atoms with Crippen LogP contribution in [-0.4, -0.2) is 60.8 Å². The Balaban J connectivity index is 0.000000617. The van der Waals surface area contributed by atoms with E-state index >= 15 is 0 Å². The number of rotatable bonds is 7. The van der Waals surface area contributed by atoms with Crippen LogP contribution in [0.15, 0.2) is 42.7 Å². The second-order valence-electron chi connectivity index (χ2n) is 9.74. The minimum atomic E-state index is -1.50. The van der Waals surface area contributed by atoms with Crippen LogP contribution in [-0.2, 0) is 0 Å². The third-order valence-corrected chi connectivity index (χ3v) is 7.04. The fraction of sp³-hybridized carbons (Fsp3) is 0.407. The Morgan fingerprint density at radius 3 is 2.55 bits per heavy atom. The van der Waals surface area contributed by atoms with Gasteiger partial charge in [0.2, 0.25) is 5.95 Å². The molecule has 1 aliphatic rings. The molecule has 10 nitrogen and oxygen atoms in total. The molecular formula is C27H34N6O4S. The summed E-state index contributed by atoms with van der Waals surface area (Å²) in [5.41, 5.74) is 3.45. The molecule has 4 aromatic rings. The quantitative estimate of drug-likeness (QED) is 0.213. The zero-order chi connectivity index (χ0) is 27.3. The molecule has 5 rings (SSSR count). The molecule has 1 aromatic carbocycles. The SMILES string of the molecule is CC(C)(O)O.COc1cnccc1Nc1nc(C)c(-c2nc3ccccc3s2)c(N[C@H]2CCC(CO)C2)n1. The van der Waals surface area contributed by atoms with E-state index in [1.165, 1.54) is 13.8 Å². The van der Waals surface area contributed by atoms with Crippen LogP contribution in [0.5, 0.6) is 5.75 Å². The number of nitrogens with zero attached hydrogens (tertiary/aromatic N) is 4. The number of para-hydroxylation sites is 1. The Morgan fingerprint density at radius 2 is 1.87 bits per heavy atom. The van der Waals surface area contributed by atoms with Crippen LogP contribution >= 0.6 is 11.3 Å². The lowest BCUT2D eigenvalue weighted by Gasteiger charge is -2.18. The summed E-state index contributed by atoms with van der Waals surface area (Å²) < 4.78 is 6.54. The molecule has 202 valence electrons. The first-order valence-corrected chi connectivity index (χ1v) is 13.3. The van der Waals surface area contributed by atoms with Crippen LogP contribution in [0.2, 0.25) is 0 Å². The second-order valence-corrected chi connectivity index (χ2v) is 10.8. The highest BCUT2D eigenvalue weighted by Gasteiger charge is 2.27. The molecule has 5 N–H and O–H groups in total. The van der Waals surface area contributed by atoms with E-state index in [-0.39, 0.29) is 12.6 Å². The summed E-state index contributed by atoms with van der Waals surface area (Å²) in [4.78, 5) is 18.6. The van der Waals surface area contributed by atoms with Gasteiger partial charge in [0.25, 0.3) is 0 Å². The Morgan fingerprint density at radius 1 is 1.11 bits per heavy atom. The molecule has 1 unspecified atom stereocenters. The largest absolute Gasteiger partial charge is 0.493 e. The number of pyridine rings is 1. The highest BCUT2D eigenvalue weighted by Crippen LogP contribution is 2.38. The molecule has 0 radical (unpaired) electrons. The number of hydrogen-bond donors (Lipinski definition) is 5. The van der Waals surface area contributed by atoms with E-state index in [2.05, 4.69) is 21.7 Å². The first-order chi connectivity index (χ1) is 18.1. The summed E-state index contributed by atoms with van der Waals surface area (Å²) in [6.45, 7) is 4.80. The molecule has 0 aliphatic heterocycles. The van der Waals surface area contributed by atoms with Crippen molar-refractivity contribution in [3.05, 3.63) is 48.4 Å². The number of thiazole rings is 1. The molecule has 3 aromatic heterocycles. The molecule has 1 fully saturated rings. The Hall–Kier alpha value is -3.38. The fourth-order valence-corrected chi connectivity index (χ4v) is 5.36. The number of aromatic nitrogens is 4. The molecule has 1 saturated carbocycles. The van der Waals surface area contributed by atoms with Crippen LogP contribution in [0.3, 0.4) is 0 Å². The van der Waals surface area contributed by atoms with Crippen molar-refractivity contribution in [2.24, 2.45) is 5.92 Å². The third kappa shape index (κ3) is 7.13. The number of fused-ring (bicyclic) bond motifs is 1. The van der Waals surface area contributed by atoms with Crippen molar-refractivity contribution in [3.63, 3.8) is 0 Å². The first-order valence-electron chi connectivity index (χ1n) is 12.5. The van der Waals surface area contributed by atoms with E-state index in [1.807, 2.05) is 31.2 Å². The average molecular weight is 539 g/mol. The predicted octanol–water partition coefficient (Wildman–Crippen LogP) is 4.49. The summed E-state index contributed by atoms with van der Waals surface area (Å²) >= 11 is 1.64. The highest BCUT2D eigenvalue weighted by atomic mass is 32.1. The van der Waals surface area contributed by atoms with Crippen LogP contribution in [0.4, 0.5) is 17.5 Å². The summed E-state index contributed by atoms with van der Waals surface area (Å²) in [5.74, 6) is 0.668. The summed E-state index contributed by atoms with van der Waals surface area (Å²) in [5, 5.41) is 33.5. The molecule has 0 amide bonds. The summed E-state index contributed by atoms with van der Waals surface area (Å²) in [7, 11) is 1.61. The normalized spacial score (nSPS) is 17.1. The van der Waals surface area contributed by atoms with Gasteiger partial charge in [-0.05, 0) is 64.2 Å².